The second kappa shape index (κ2) is 7.36. The molecule has 0 saturated heterocycles. The molecule has 5 heteroatoms. The molecule has 126 valence electrons. The maximum Gasteiger partial charge on any atom is 0.363 e. The Morgan fingerprint density at radius 1 is 1.24 bits per heavy atom. The molecule has 0 fully saturated rings. The van der Waals surface area contributed by atoms with Crippen molar-refractivity contribution >= 4 is 29.5 Å². The van der Waals surface area contributed by atoms with Crippen molar-refractivity contribution < 1.29 is 14.3 Å². The maximum absolute atomic E-state index is 12.0. The number of ether oxygens (including phenoxy) is 2. The van der Waals surface area contributed by atoms with Crippen LogP contribution in [0.2, 0.25) is 5.02 Å². The van der Waals surface area contributed by atoms with Crippen LogP contribution in [-0.2, 0) is 9.53 Å². The predicted molar refractivity (Wildman–Crippen MR) is 98.8 cm³/mol. The first-order valence-corrected chi connectivity index (χ1v) is 8.05. The Bertz CT molecular complexity index is 882. The van der Waals surface area contributed by atoms with Gasteiger partial charge >= 0.3 is 5.97 Å². The molecule has 0 aliphatic carbocycles. The Kier molecular flexibility index (Phi) is 5.00. The van der Waals surface area contributed by atoms with Gasteiger partial charge in [0.25, 0.3) is 0 Å². The standard InChI is InChI=1S/C20H16ClNO3/c1-13(2)12-24-15-9-7-14(8-10-15)11-18-20(23)25-19(22-18)16-5-3-4-6-17(16)21/h3-11H,1,12H2,2H3/b18-11+. The molecule has 0 N–H and O–H groups in total. The van der Waals surface area contributed by atoms with Gasteiger partial charge in [-0.2, -0.15) is 0 Å². The van der Waals surface area contributed by atoms with E-state index in [0.29, 0.717) is 17.2 Å². The molecular weight excluding hydrogens is 338 g/mol. The Balaban J connectivity index is 1.80. The fraction of sp³-hybridized carbons (Fsp3) is 0.100. The van der Waals surface area contributed by atoms with Gasteiger partial charge in [0.1, 0.15) is 12.4 Å². The number of hydrogen-bond acceptors (Lipinski definition) is 4. The molecule has 0 radical (unpaired) electrons. The molecule has 1 aliphatic heterocycles. The van der Waals surface area contributed by atoms with Crippen LogP contribution in [0.3, 0.4) is 0 Å². The Morgan fingerprint density at radius 3 is 2.64 bits per heavy atom. The number of carbonyl (C=O) groups is 1. The first-order valence-electron chi connectivity index (χ1n) is 7.67. The van der Waals surface area contributed by atoms with E-state index in [2.05, 4.69) is 11.6 Å². The van der Waals surface area contributed by atoms with Crippen LogP contribution < -0.4 is 4.74 Å². The number of carbonyl (C=O) groups excluding carboxylic acids is 1. The molecule has 2 aromatic rings. The van der Waals surface area contributed by atoms with Gasteiger partial charge in [0, 0.05) is 0 Å². The Labute approximate surface area is 151 Å². The number of aliphatic imine (C=N–C) groups is 1. The van der Waals surface area contributed by atoms with Crippen molar-refractivity contribution in [2.24, 2.45) is 4.99 Å². The van der Waals surface area contributed by atoms with Crippen molar-refractivity contribution in [1.82, 2.24) is 0 Å². The van der Waals surface area contributed by atoms with E-state index in [-0.39, 0.29) is 11.6 Å². The van der Waals surface area contributed by atoms with Crippen LogP contribution in [0.15, 0.2) is 71.4 Å². The Morgan fingerprint density at radius 2 is 1.96 bits per heavy atom. The van der Waals surface area contributed by atoms with Gasteiger partial charge in [-0.15, -0.1) is 0 Å². The van der Waals surface area contributed by atoms with E-state index < -0.39 is 5.97 Å². The van der Waals surface area contributed by atoms with Gasteiger partial charge in [0.15, 0.2) is 5.70 Å². The SMILES string of the molecule is C=C(C)COc1ccc(/C=C2/N=C(c3ccccc3Cl)OC2=O)cc1. The fourth-order valence-electron chi connectivity index (χ4n) is 2.18. The van der Waals surface area contributed by atoms with Crippen LogP contribution in [0, 0.1) is 0 Å². The molecule has 0 amide bonds. The first kappa shape index (κ1) is 17.0. The van der Waals surface area contributed by atoms with Gasteiger partial charge in [-0.1, -0.05) is 42.4 Å². The van der Waals surface area contributed by atoms with Crippen molar-refractivity contribution in [3.8, 4) is 5.75 Å². The number of benzene rings is 2. The minimum atomic E-state index is -0.502. The third kappa shape index (κ3) is 4.17. The zero-order valence-electron chi connectivity index (χ0n) is 13.7. The molecule has 0 spiro atoms. The van der Waals surface area contributed by atoms with Crippen LogP contribution in [-0.4, -0.2) is 18.5 Å². The minimum Gasteiger partial charge on any atom is -0.489 e. The van der Waals surface area contributed by atoms with E-state index in [0.717, 1.165) is 16.9 Å². The summed E-state index contributed by atoms with van der Waals surface area (Å²) in [7, 11) is 0. The topological polar surface area (TPSA) is 47.9 Å². The Hall–Kier alpha value is -2.85. The lowest BCUT2D eigenvalue weighted by molar-refractivity contribution is -0.129. The first-order chi connectivity index (χ1) is 12.0. The van der Waals surface area contributed by atoms with E-state index in [9.17, 15) is 4.79 Å². The summed E-state index contributed by atoms with van der Waals surface area (Å²) in [5.74, 6) is 0.445. The molecule has 0 atom stereocenters. The van der Waals surface area contributed by atoms with Crippen LogP contribution in [0.1, 0.15) is 18.1 Å². The number of esters is 1. The van der Waals surface area contributed by atoms with Gasteiger partial charge in [0.2, 0.25) is 5.90 Å². The molecule has 0 aromatic heterocycles. The number of hydrogen-bond donors (Lipinski definition) is 0. The van der Waals surface area contributed by atoms with Gasteiger partial charge in [0.05, 0.1) is 10.6 Å². The molecule has 25 heavy (non-hydrogen) atoms. The summed E-state index contributed by atoms with van der Waals surface area (Å²) < 4.78 is 10.8. The number of halogens is 1. The molecule has 4 nitrogen and oxygen atoms in total. The fourth-order valence-corrected chi connectivity index (χ4v) is 2.40. The highest BCUT2D eigenvalue weighted by Gasteiger charge is 2.25. The van der Waals surface area contributed by atoms with E-state index in [4.69, 9.17) is 21.1 Å². The molecule has 0 bridgehead atoms. The van der Waals surface area contributed by atoms with Crippen molar-refractivity contribution in [1.29, 1.82) is 0 Å². The molecular formula is C20H16ClNO3. The van der Waals surface area contributed by atoms with Crippen molar-refractivity contribution in [2.45, 2.75) is 6.92 Å². The molecule has 2 aromatic carbocycles. The number of rotatable bonds is 5. The second-order valence-corrected chi connectivity index (χ2v) is 6.04. The zero-order valence-corrected chi connectivity index (χ0v) is 14.4. The zero-order chi connectivity index (χ0) is 17.8. The van der Waals surface area contributed by atoms with Crippen molar-refractivity contribution in [3.05, 3.63) is 82.5 Å². The largest absolute Gasteiger partial charge is 0.489 e. The molecule has 0 unspecified atom stereocenters. The highest BCUT2D eigenvalue weighted by atomic mass is 35.5. The van der Waals surface area contributed by atoms with Crippen molar-refractivity contribution in [3.63, 3.8) is 0 Å². The third-order valence-electron chi connectivity index (χ3n) is 3.39. The van der Waals surface area contributed by atoms with E-state index >= 15 is 0 Å². The molecule has 1 aliphatic rings. The average molecular weight is 354 g/mol. The second-order valence-electron chi connectivity index (χ2n) is 5.63. The van der Waals surface area contributed by atoms with Crippen LogP contribution in [0.5, 0.6) is 5.75 Å². The van der Waals surface area contributed by atoms with Crippen LogP contribution in [0.4, 0.5) is 0 Å². The smallest absolute Gasteiger partial charge is 0.363 e. The summed E-state index contributed by atoms with van der Waals surface area (Å²) in [5, 5.41) is 0.481. The highest BCUT2D eigenvalue weighted by Crippen LogP contribution is 2.24. The monoisotopic (exact) mass is 353 g/mol. The number of cyclic esters (lactones) is 1. The van der Waals surface area contributed by atoms with E-state index in [1.807, 2.05) is 37.3 Å². The summed E-state index contributed by atoms with van der Waals surface area (Å²) in [4.78, 5) is 16.3. The lowest BCUT2D eigenvalue weighted by atomic mass is 10.2. The normalized spacial score (nSPS) is 15.0. The van der Waals surface area contributed by atoms with E-state index in [1.165, 1.54) is 0 Å². The lowest BCUT2D eigenvalue weighted by Gasteiger charge is -2.05. The van der Waals surface area contributed by atoms with Crippen LogP contribution in [0.25, 0.3) is 6.08 Å². The maximum atomic E-state index is 12.0. The number of nitrogens with zero attached hydrogens (tertiary/aromatic N) is 1. The summed E-state index contributed by atoms with van der Waals surface area (Å²) >= 11 is 6.12. The minimum absolute atomic E-state index is 0.211. The summed E-state index contributed by atoms with van der Waals surface area (Å²) in [5.41, 5.74) is 2.58. The quantitative estimate of drug-likeness (QED) is 0.447. The van der Waals surface area contributed by atoms with E-state index in [1.54, 1.807) is 24.3 Å². The molecule has 1 heterocycles. The summed E-state index contributed by atoms with van der Waals surface area (Å²) in [6.45, 7) is 6.17. The molecule has 0 saturated carbocycles. The molecule has 3 rings (SSSR count). The summed E-state index contributed by atoms with van der Waals surface area (Å²) in [6, 6.07) is 14.4. The van der Waals surface area contributed by atoms with Gasteiger partial charge in [-0.05, 0) is 48.4 Å². The van der Waals surface area contributed by atoms with Crippen molar-refractivity contribution in [2.75, 3.05) is 6.61 Å². The average Bonchev–Trinajstić information content (AvgIpc) is 2.95. The van der Waals surface area contributed by atoms with Gasteiger partial charge < -0.3 is 9.47 Å². The highest BCUT2D eigenvalue weighted by molar-refractivity contribution is 6.34. The van der Waals surface area contributed by atoms with Crippen LogP contribution >= 0.6 is 11.6 Å². The van der Waals surface area contributed by atoms with Gasteiger partial charge in [-0.3, -0.25) is 0 Å². The van der Waals surface area contributed by atoms with Gasteiger partial charge in [-0.25, -0.2) is 9.79 Å². The summed E-state index contributed by atoms with van der Waals surface area (Å²) in [6.07, 6.45) is 1.66. The third-order valence-corrected chi connectivity index (χ3v) is 3.72. The lowest BCUT2D eigenvalue weighted by Crippen LogP contribution is -2.05. The predicted octanol–water partition coefficient (Wildman–Crippen LogP) is 4.64.